The summed E-state index contributed by atoms with van der Waals surface area (Å²) in [4.78, 5) is 28.3. The number of ether oxygens (including phenoxy) is 1. The van der Waals surface area contributed by atoms with Crippen molar-refractivity contribution in [1.82, 2.24) is 14.7 Å². The van der Waals surface area contributed by atoms with Crippen molar-refractivity contribution in [1.29, 1.82) is 5.26 Å². The highest BCUT2D eigenvalue weighted by Gasteiger charge is 2.35. The van der Waals surface area contributed by atoms with E-state index in [1.165, 1.54) is 6.07 Å². The van der Waals surface area contributed by atoms with Crippen LogP contribution in [0.1, 0.15) is 29.2 Å². The van der Waals surface area contributed by atoms with Gasteiger partial charge in [0.1, 0.15) is 35.5 Å². The number of rotatable bonds is 8. The molecule has 1 aliphatic heterocycles. The number of hydrogen-bond acceptors (Lipinski definition) is 5. The van der Waals surface area contributed by atoms with Crippen LogP contribution in [-0.2, 0) is 22.7 Å². The van der Waals surface area contributed by atoms with Crippen LogP contribution in [0, 0.1) is 24.1 Å². The van der Waals surface area contributed by atoms with E-state index in [1.807, 2.05) is 79.7 Å². The highest BCUT2D eigenvalue weighted by molar-refractivity contribution is 6.19. The number of imide groups is 1. The molecule has 4 aromatic carbocycles. The van der Waals surface area contributed by atoms with E-state index in [-0.39, 0.29) is 30.1 Å². The second kappa shape index (κ2) is 12.9. The maximum absolute atomic E-state index is 14.2. The van der Waals surface area contributed by atoms with E-state index >= 15 is 0 Å². The first-order valence-corrected chi connectivity index (χ1v) is 14.7. The SMILES string of the molecule is CC1=C(C#N)C(=O)N(Cc2ccc(C)cc2)C(=O)/C1=C/c1cn(-c2ccccc2)nc1-c1cccc(OCc2ccccc2F)c1. The smallest absolute Gasteiger partial charge is 0.271 e. The summed E-state index contributed by atoms with van der Waals surface area (Å²) in [6.45, 7) is 3.65. The average Bonchev–Trinajstić information content (AvgIpc) is 3.50. The van der Waals surface area contributed by atoms with Crippen LogP contribution < -0.4 is 4.74 Å². The van der Waals surface area contributed by atoms with Crippen LogP contribution in [0.15, 0.2) is 126 Å². The van der Waals surface area contributed by atoms with E-state index in [9.17, 15) is 19.2 Å². The molecule has 2 amide bonds. The van der Waals surface area contributed by atoms with Crippen LogP contribution in [0.4, 0.5) is 4.39 Å². The highest BCUT2D eigenvalue weighted by Crippen LogP contribution is 2.33. The van der Waals surface area contributed by atoms with Gasteiger partial charge in [0.15, 0.2) is 0 Å². The Bertz CT molecular complexity index is 2050. The van der Waals surface area contributed by atoms with Crippen molar-refractivity contribution in [2.24, 2.45) is 0 Å². The van der Waals surface area contributed by atoms with Crippen molar-refractivity contribution in [2.45, 2.75) is 27.0 Å². The topological polar surface area (TPSA) is 88.2 Å². The van der Waals surface area contributed by atoms with Gasteiger partial charge >= 0.3 is 0 Å². The molecule has 0 fully saturated rings. The number of amides is 2. The third kappa shape index (κ3) is 6.12. The van der Waals surface area contributed by atoms with Crippen molar-refractivity contribution >= 4 is 17.9 Å². The Balaban J connectivity index is 1.42. The lowest BCUT2D eigenvalue weighted by Crippen LogP contribution is -2.42. The van der Waals surface area contributed by atoms with Crippen molar-refractivity contribution < 1.29 is 18.7 Å². The van der Waals surface area contributed by atoms with Gasteiger partial charge in [-0.1, -0.05) is 78.4 Å². The first-order valence-electron chi connectivity index (χ1n) is 14.7. The van der Waals surface area contributed by atoms with Crippen LogP contribution in [0.3, 0.4) is 0 Å². The van der Waals surface area contributed by atoms with Gasteiger partial charge in [-0.05, 0) is 61.4 Å². The predicted octanol–water partition coefficient (Wildman–Crippen LogP) is 7.36. The molecule has 0 atom stereocenters. The Kier molecular flexibility index (Phi) is 8.40. The number of carbonyl (C=O) groups is 2. The quantitative estimate of drug-likeness (QED) is 0.136. The molecule has 1 aromatic heterocycles. The summed E-state index contributed by atoms with van der Waals surface area (Å²) in [5.41, 5.74) is 5.35. The third-order valence-electron chi connectivity index (χ3n) is 7.81. The second-order valence-corrected chi connectivity index (χ2v) is 11.0. The standard InChI is InChI=1S/C38H29FN4O3/c1-25-15-17-27(18-16-25)22-42-37(44)33(26(2)34(21-40)38(42)45)20-30-23-43(31-11-4-3-5-12-31)41-36(30)28-10-8-13-32(19-28)46-24-29-9-6-7-14-35(29)39/h3-20,23H,22,24H2,1-2H3/b33-20+. The van der Waals surface area contributed by atoms with Crippen molar-refractivity contribution in [3.05, 3.63) is 154 Å². The fourth-order valence-electron chi connectivity index (χ4n) is 5.24. The molecule has 0 radical (unpaired) electrons. The molecule has 226 valence electrons. The lowest BCUT2D eigenvalue weighted by Gasteiger charge is -2.27. The number of nitriles is 1. The minimum Gasteiger partial charge on any atom is -0.489 e. The van der Waals surface area contributed by atoms with Crippen molar-refractivity contribution in [3.8, 4) is 28.8 Å². The second-order valence-electron chi connectivity index (χ2n) is 11.0. The molecule has 0 saturated carbocycles. The summed E-state index contributed by atoms with van der Waals surface area (Å²) >= 11 is 0. The van der Waals surface area contributed by atoms with Crippen LogP contribution >= 0.6 is 0 Å². The minimum atomic E-state index is -0.623. The molecule has 2 heterocycles. The van der Waals surface area contributed by atoms with Crippen LogP contribution in [-0.4, -0.2) is 26.5 Å². The van der Waals surface area contributed by atoms with Gasteiger partial charge in [0, 0.05) is 28.5 Å². The maximum Gasteiger partial charge on any atom is 0.271 e. The molecule has 0 unspecified atom stereocenters. The number of benzene rings is 4. The van der Waals surface area contributed by atoms with Crippen LogP contribution in [0.25, 0.3) is 23.0 Å². The summed E-state index contributed by atoms with van der Waals surface area (Å²) in [7, 11) is 0. The van der Waals surface area contributed by atoms with Gasteiger partial charge in [-0.2, -0.15) is 10.4 Å². The van der Waals surface area contributed by atoms with Gasteiger partial charge in [-0.15, -0.1) is 0 Å². The molecule has 0 N–H and O–H groups in total. The molecule has 46 heavy (non-hydrogen) atoms. The molecule has 6 rings (SSSR count). The van der Waals surface area contributed by atoms with Gasteiger partial charge in [0.2, 0.25) is 0 Å². The first kappa shape index (κ1) is 30.0. The van der Waals surface area contributed by atoms with Gasteiger partial charge in [0.25, 0.3) is 11.8 Å². The number of nitrogens with zero attached hydrogens (tertiary/aromatic N) is 4. The summed E-state index contributed by atoms with van der Waals surface area (Å²) < 4.78 is 21.9. The van der Waals surface area contributed by atoms with E-state index in [0.717, 1.165) is 21.7 Å². The summed E-state index contributed by atoms with van der Waals surface area (Å²) in [6.07, 6.45) is 3.48. The summed E-state index contributed by atoms with van der Waals surface area (Å²) in [5, 5.41) is 14.8. The van der Waals surface area contributed by atoms with Crippen LogP contribution in [0.5, 0.6) is 5.75 Å². The van der Waals surface area contributed by atoms with E-state index in [2.05, 4.69) is 0 Å². The van der Waals surface area contributed by atoms with Crippen molar-refractivity contribution in [2.75, 3.05) is 0 Å². The Morgan fingerprint density at radius 3 is 2.37 bits per heavy atom. The third-order valence-corrected chi connectivity index (χ3v) is 7.81. The molecule has 0 bridgehead atoms. The normalized spacial score (nSPS) is 14.1. The zero-order valence-electron chi connectivity index (χ0n) is 25.3. The Hall–Kier alpha value is -6.07. The lowest BCUT2D eigenvalue weighted by molar-refractivity contribution is -0.141. The molecule has 0 saturated heterocycles. The molecule has 0 spiro atoms. The Morgan fingerprint density at radius 2 is 1.63 bits per heavy atom. The molecule has 1 aliphatic rings. The van der Waals surface area contributed by atoms with E-state index < -0.39 is 11.8 Å². The Morgan fingerprint density at radius 1 is 0.891 bits per heavy atom. The van der Waals surface area contributed by atoms with Crippen molar-refractivity contribution in [3.63, 3.8) is 0 Å². The summed E-state index contributed by atoms with van der Waals surface area (Å²) in [5.74, 6) is -0.952. The molecule has 7 nitrogen and oxygen atoms in total. The molecule has 5 aromatic rings. The zero-order valence-corrected chi connectivity index (χ0v) is 25.3. The van der Waals surface area contributed by atoms with E-state index in [4.69, 9.17) is 9.84 Å². The molecular formula is C38H29FN4O3. The van der Waals surface area contributed by atoms with Gasteiger partial charge < -0.3 is 4.74 Å². The highest BCUT2D eigenvalue weighted by atomic mass is 19.1. The fourth-order valence-corrected chi connectivity index (χ4v) is 5.24. The fraction of sp³-hybridized carbons (Fsp3) is 0.105. The summed E-state index contributed by atoms with van der Waals surface area (Å²) in [6, 6.07) is 32.8. The number of aryl methyl sites for hydroxylation is 1. The molecule has 8 heteroatoms. The minimum absolute atomic E-state index is 0.0330. The van der Waals surface area contributed by atoms with Gasteiger partial charge in [0.05, 0.1) is 12.2 Å². The van der Waals surface area contributed by atoms with E-state index in [0.29, 0.717) is 33.7 Å². The monoisotopic (exact) mass is 608 g/mol. The van der Waals surface area contributed by atoms with Gasteiger partial charge in [-0.3, -0.25) is 14.5 Å². The average molecular weight is 609 g/mol. The Labute approximate surface area is 266 Å². The number of carbonyl (C=O) groups excluding carboxylic acids is 2. The zero-order chi connectivity index (χ0) is 32.2. The number of hydrogen-bond donors (Lipinski definition) is 0. The number of halogens is 1. The number of aromatic nitrogens is 2. The van der Waals surface area contributed by atoms with E-state index in [1.54, 1.807) is 54.2 Å². The lowest BCUT2D eigenvalue weighted by atomic mass is 9.93. The van der Waals surface area contributed by atoms with Crippen LogP contribution in [0.2, 0.25) is 0 Å². The largest absolute Gasteiger partial charge is 0.489 e. The molecular weight excluding hydrogens is 579 g/mol. The number of para-hydroxylation sites is 1. The maximum atomic E-state index is 14.2. The molecule has 0 aliphatic carbocycles. The predicted molar refractivity (Wildman–Crippen MR) is 173 cm³/mol. The first-order chi connectivity index (χ1) is 22.3. The van der Waals surface area contributed by atoms with Gasteiger partial charge in [-0.25, -0.2) is 9.07 Å².